The second-order valence-corrected chi connectivity index (χ2v) is 9.66. The number of benzene rings is 2. The number of rotatable bonds is 8. The number of nitrogens with zero attached hydrogens (tertiary/aromatic N) is 1. The summed E-state index contributed by atoms with van der Waals surface area (Å²) in [6, 6.07) is 12.9. The standard InChI is InChI=1S/C20H23ClFNO4S/c21-16-5-7-19(8-6-16)27-13-18(24)12-23(17-9-10-28(25,26)14-17)11-15-3-1-2-4-20(15)22/h1-8,17-18,24H,9-14H2. The first kappa shape index (κ1) is 21.0. The highest BCUT2D eigenvalue weighted by molar-refractivity contribution is 7.91. The van der Waals surface area contributed by atoms with Crippen LogP contribution in [-0.2, 0) is 16.4 Å². The zero-order chi connectivity index (χ0) is 20.1. The summed E-state index contributed by atoms with van der Waals surface area (Å²) in [6.07, 6.45) is -0.382. The third-order valence-corrected chi connectivity index (χ3v) is 6.76. The van der Waals surface area contributed by atoms with Crippen molar-refractivity contribution in [3.05, 3.63) is 64.9 Å². The van der Waals surface area contributed by atoms with E-state index in [4.69, 9.17) is 16.3 Å². The SMILES string of the molecule is O=S1(=O)CCC(N(Cc2ccccc2F)CC(O)COc2ccc(Cl)cc2)C1. The van der Waals surface area contributed by atoms with E-state index >= 15 is 0 Å². The van der Waals surface area contributed by atoms with Crippen LogP contribution in [0.4, 0.5) is 4.39 Å². The largest absolute Gasteiger partial charge is 0.491 e. The van der Waals surface area contributed by atoms with Gasteiger partial charge >= 0.3 is 0 Å². The minimum atomic E-state index is -3.10. The number of hydrogen-bond acceptors (Lipinski definition) is 5. The summed E-state index contributed by atoms with van der Waals surface area (Å²) in [6.45, 7) is 0.446. The van der Waals surface area contributed by atoms with Gasteiger partial charge in [0.15, 0.2) is 9.84 Å². The molecule has 2 unspecified atom stereocenters. The lowest BCUT2D eigenvalue weighted by Crippen LogP contribution is -2.42. The number of aliphatic hydroxyl groups excluding tert-OH is 1. The quantitative estimate of drug-likeness (QED) is 0.701. The molecule has 8 heteroatoms. The highest BCUT2D eigenvalue weighted by Gasteiger charge is 2.33. The van der Waals surface area contributed by atoms with Gasteiger partial charge in [-0.15, -0.1) is 0 Å². The molecule has 1 aliphatic rings. The van der Waals surface area contributed by atoms with E-state index in [-0.39, 0.29) is 43.1 Å². The fraction of sp³-hybridized carbons (Fsp3) is 0.400. The first-order chi connectivity index (χ1) is 13.3. The molecule has 0 aliphatic carbocycles. The minimum Gasteiger partial charge on any atom is -0.491 e. The summed E-state index contributed by atoms with van der Waals surface area (Å²) in [5.74, 6) is 0.363. The van der Waals surface area contributed by atoms with Gasteiger partial charge in [-0.05, 0) is 36.8 Å². The van der Waals surface area contributed by atoms with Crippen LogP contribution in [0.5, 0.6) is 5.75 Å². The van der Waals surface area contributed by atoms with E-state index in [2.05, 4.69) is 0 Å². The maximum absolute atomic E-state index is 14.1. The van der Waals surface area contributed by atoms with Crippen molar-refractivity contribution in [2.24, 2.45) is 0 Å². The molecule has 0 saturated carbocycles. The maximum Gasteiger partial charge on any atom is 0.151 e. The molecule has 0 spiro atoms. The van der Waals surface area contributed by atoms with Crippen molar-refractivity contribution in [2.75, 3.05) is 24.7 Å². The lowest BCUT2D eigenvalue weighted by Gasteiger charge is -2.30. The van der Waals surface area contributed by atoms with Gasteiger partial charge in [0.1, 0.15) is 24.3 Å². The first-order valence-electron chi connectivity index (χ1n) is 9.07. The Labute approximate surface area is 169 Å². The number of aliphatic hydroxyl groups is 1. The van der Waals surface area contributed by atoms with Crippen molar-refractivity contribution in [1.29, 1.82) is 0 Å². The Bertz CT molecular complexity index is 891. The highest BCUT2D eigenvalue weighted by atomic mass is 35.5. The molecule has 0 amide bonds. The molecule has 1 N–H and O–H groups in total. The van der Waals surface area contributed by atoms with E-state index in [9.17, 15) is 17.9 Å². The molecular formula is C20H23ClFNO4S. The second-order valence-electron chi connectivity index (χ2n) is 7.00. The molecule has 0 bridgehead atoms. The van der Waals surface area contributed by atoms with E-state index in [0.29, 0.717) is 22.8 Å². The Morgan fingerprint density at radius 1 is 1.21 bits per heavy atom. The van der Waals surface area contributed by atoms with Crippen LogP contribution in [0.3, 0.4) is 0 Å². The van der Waals surface area contributed by atoms with E-state index in [0.717, 1.165) is 0 Å². The minimum absolute atomic E-state index is 0.0201. The van der Waals surface area contributed by atoms with Gasteiger partial charge < -0.3 is 9.84 Å². The Morgan fingerprint density at radius 2 is 1.93 bits per heavy atom. The van der Waals surface area contributed by atoms with Gasteiger partial charge in [-0.25, -0.2) is 12.8 Å². The molecule has 2 aromatic carbocycles. The van der Waals surface area contributed by atoms with Gasteiger partial charge in [-0.3, -0.25) is 4.90 Å². The number of ether oxygens (including phenoxy) is 1. The summed E-state index contributed by atoms with van der Waals surface area (Å²) in [7, 11) is -3.10. The number of sulfone groups is 1. The lowest BCUT2D eigenvalue weighted by molar-refractivity contribution is 0.0520. The van der Waals surface area contributed by atoms with E-state index in [1.807, 2.05) is 4.90 Å². The fourth-order valence-electron chi connectivity index (χ4n) is 3.30. The predicted octanol–water partition coefficient (Wildman–Crippen LogP) is 2.91. The Morgan fingerprint density at radius 3 is 2.57 bits per heavy atom. The molecule has 0 aromatic heterocycles. The molecule has 2 aromatic rings. The molecule has 152 valence electrons. The Hall–Kier alpha value is -1.67. The Kier molecular flexibility index (Phi) is 6.93. The van der Waals surface area contributed by atoms with Gasteiger partial charge in [0, 0.05) is 29.7 Å². The van der Waals surface area contributed by atoms with Crippen LogP contribution in [0.1, 0.15) is 12.0 Å². The van der Waals surface area contributed by atoms with Crippen molar-refractivity contribution in [3.8, 4) is 5.75 Å². The van der Waals surface area contributed by atoms with Crippen LogP contribution in [0.15, 0.2) is 48.5 Å². The van der Waals surface area contributed by atoms with Crippen LogP contribution in [0, 0.1) is 5.82 Å². The molecule has 1 saturated heterocycles. The van der Waals surface area contributed by atoms with Crippen molar-refractivity contribution in [3.63, 3.8) is 0 Å². The zero-order valence-electron chi connectivity index (χ0n) is 15.3. The van der Waals surface area contributed by atoms with E-state index < -0.39 is 15.9 Å². The van der Waals surface area contributed by atoms with Crippen molar-refractivity contribution in [2.45, 2.75) is 25.1 Å². The number of hydrogen-bond donors (Lipinski definition) is 1. The summed E-state index contributed by atoms with van der Waals surface area (Å²) in [4.78, 5) is 1.83. The number of halogens is 2. The smallest absolute Gasteiger partial charge is 0.151 e. The molecule has 3 rings (SSSR count). The van der Waals surface area contributed by atoms with E-state index in [1.165, 1.54) is 6.07 Å². The van der Waals surface area contributed by atoms with Gasteiger partial charge in [-0.1, -0.05) is 29.8 Å². The van der Waals surface area contributed by atoms with Crippen LogP contribution >= 0.6 is 11.6 Å². The topological polar surface area (TPSA) is 66.8 Å². The van der Waals surface area contributed by atoms with Crippen molar-refractivity contribution in [1.82, 2.24) is 4.90 Å². The van der Waals surface area contributed by atoms with Crippen LogP contribution in [0.2, 0.25) is 5.02 Å². The molecule has 28 heavy (non-hydrogen) atoms. The lowest BCUT2D eigenvalue weighted by atomic mass is 10.1. The summed E-state index contributed by atoms with van der Waals surface area (Å²) >= 11 is 5.84. The van der Waals surface area contributed by atoms with E-state index in [1.54, 1.807) is 42.5 Å². The Balaban J connectivity index is 1.65. The fourth-order valence-corrected chi connectivity index (χ4v) is 5.19. The summed E-state index contributed by atoms with van der Waals surface area (Å²) < 4.78 is 43.4. The van der Waals surface area contributed by atoms with Crippen LogP contribution in [-0.4, -0.2) is 55.2 Å². The van der Waals surface area contributed by atoms with Crippen molar-refractivity contribution < 1.29 is 22.7 Å². The molecular weight excluding hydrogens is 405 g/mol. The third kappa shape index (κ3) is 5.91. The summed E-state index contributed by atoms with van der Waals surface area (Å²) in [5, 5.41) is 11.0. The van der Waals surface area contributed by atoms with Gasteiger partial charge in [-0.2, -0.15) is 0 Å². The first-order valence-corrected chi connectivity index (χ1v) is 11.3. The molecule has 5 nitrogen and oxygen atoms in total. The normalized spacial score (nSPS) is 19.6. The van der Waals surface area contributed by atoms with Gasteiger partial charge in [0.2, 0.25) is 0 Å². The third-order valence-electron chi connectivity index (χ3n) is 4.76. The van der Waals surface area contributed by atoms with Crippen LogP contribution < -0.4 is 4.74 Å². The van der Waals surface area contributed by atoms with Crippen molar-refractivity contribution >= 4 is 21.4 Å². The van der Waals surface area contributed by atoms with Gasteiger partial charge in [0.25, 0.3) is 0 Å². The highest BCUT2D eigenvalue weighted by Crippen LogP contribution is 2.22. The maximum atomic E-state index is 14.1. The predicted molar refractivity (Wildman–Crippen MR) is 107 cm³/mol. The van der Waals surface area contributed by atoms with Gasteiger partial charge in [0.05, 0.1) is 11.5 Å². The molecule has 1 heterocycles. The second kappa shape index (κ2) is 9.22. The summed E-state index contributed by atoms with van der Waals surface area (Å²) in [5.41, 5.74) is 0.470. The average Bonchev–Trinajstić information content (AvgIpc) is 3.02. The zero-order valence-corrected chi connectivity index (χ0v) is 16.9. The monoisotopic (exact) mass is 427 g/mol. The molecule has 1 fully saturated rings. The molecule has 0 radical (unpaired) electrons. The average molecular weight is 428 g/mol. The molecule has 1 aliphatic heterocycles. The van der Waals surface area contributed by atoms with Crippen LogP contribution in [0.25, 0.3) is 0 Å². The molecule has 2 atom stereocenters.